The van der Waals surface area contributed by atoms with Crippen LogP contribution in [-0.4, -0.2) is 18.2 Å². The largest absolute Gasteiger partial charge is 0.508 e. The van der Waals surface area contributed by atoms with Crippen molar-refractivity contribution in [2.75, 3.05) is 7.11 Å². The molecule has 0 saturated carbocycles. The maximum absolute atomic E-state index is 12.3. The Morgan fingerprint density at radius 1 is 1.20 bits per heavy atom. The fraction of sp³-hybridized carbons (Fsp3) is 0.111. The summed E-state index contributed by atoms with van der Waals surface area (Å²) in [5, 5.41) is 10.4. The standard InChI is InChI=1S/C18H13ClO6/c1-23-15-5-2-11(19)7-14(15)18(22)24-9-10-6-17(21)25-16-8-12(20)3-4-13(10)16/h2-8,20H,9H2,1H3. The van der Waals surface area contributed by atoms with Crippen LogP contribution < -0.4 is 10.4 Å². The first-order valence-corrected chi connectivity index (χ1v) is 7.62. The van der Waals surface area contributed by atoms with Gasteiger partial charge in [0.15, 0.2) is 0 Å². The summed E-state index contributed by atoms with van der Waals surface area (Å²) in [6.45, 7) is -0.151. The third-order valence-corrected chi connectivity index (χ3v) is 3.79. The highest BCUT2D eigenvalue weighted by atomic mass is 35.5. The molecule has 0 atom stereocenters. The molecule has 0 saturated heterocycles. The molecule has 0 unspecified atom stereocenters. The first-order valence-electron chi connectivity index (χ1n) is 7.24. The summed E-state index contributed by atoms with van der Waals surface area (Å²) < 4.78 is 15.4. The molecular formula is C18H13ClO6. The van der Waals surface area contributed by atoms with Gasteiger partial charge in [0, 0.05) is 28.1 Å². The molecule has 1 heterocycles. The van der Waals surface area contributed by atoms with Crippen LogP contribution in [0.2, 0.25) is 5.02 Å². The van der Waals surface area contributed by atoms with Crippen LogP contribution in [0.5, 0.6) is 11.5 Å². The van der Waals surface area contributed by atoms with Crippen molar-refractivity contribution >= 4 is 28.5 Å². The lowest BCUT2D eigenvalue weighted by atomic mass is 10.1. The Hall–Kier alpha value is -2.99. The molecular weight excluding hydrogens is 348 g/mol. The van der Waals surface area contributed by atoms with Gasteiger partial charge in [-0.15, -0.1) is 0 Å². The van der Waals surface area contributed by atoms with E-state index in [2.05, 4.69) is 0 Å². The Balaban J connectivity index is 1.89. The number of hydrogen-bond donors (Lipinski definition) is 1. The van der Waals surface area contributed by atoms with E-state index in [0.29, 0.717) is 21.7 Å². The number of methoxy groups -OCH3 is 1. The number of halogens is 1. The van der Waals surface area contributed by atoms with Gasteiger partial charge in [0.1, 0.15) is 29.3 Å². The third kappa shape index (κ3) is 3.59. The minimum Gasteiger partial charge on any atom is -0.508 e. The Morgan fingerprint density at radius 2 is 2.00 bits per heavy atom. The van der Waals surface area contributed by atoms with Crippen molar-refractivity contribution in [1.29, 1.82) is 0 Å². The highest BCUT2D eigenvalue weighted by Gasteiger charge is 2.16. The van der Waals surface area contributed by atoms with E-state index in [0.717, 1.165) is 0 Å². The van der Waals surface area contributed by atoms with Crippen molar-refractivity contribution in [3.63, 3.8) is 0 Å². The lowest BCUT2D eigenvalue weighted by Gasteiger charge is -2.10. The highest BCUT2D eigenvalue weighted by molar-refractivity contribution is 6.31. The predicted molar refractivity (Wildman–Crippen MR) is 91.3 cm³/mol. The first kappa shape index (κ1) is 16.9. The van der Waals surface area contributed by atoms with E-state index in [1.807, 2.05) is 0 Å². The Labute approximate surface area is 147 Å². The number of phenolic OH excluding ortho intramolecular Hbond substituents is 1. The molecule has 3 aromatic rings. The molecule has 128 valence electrons. The molecule has 7 heteroatoms. The van der Waals surface area contributed by atoms with Crippen molar-refractivity contribution in [1.82, 2.24) is 0 Å². The van der Waals surface area contributed by atoms with Crippen LogP contribution in [0.3, 0.4) is 0 Å². The number of benzene rings is 2. The van der Waals surface area contributed by atoms with Gasteiger partial charge in [-0.3, -0.25) is 0 Å². The van der Waals surface area contributed by atoms with E-state index in [1.165, 1.54) is 31.4 Å². The average Bonchev–Trinajstić information content (AvgIpc) is 2.58. The normalized spacial score (nSPS) is 10.6. The van der Waals surface area contributed by atoms with Gasteiger partial charge in [0.05, 0.1) is 7.11 Å². The zero-order valence-corrected chi connectivity index (χ0v) is 13.9. The fourth-order valence-corrected chi connectivity index (χ4v) is 2.57. The summed E-state index contributed by atoms with van der Waals surface area (Å²) in [5.74, 6) is -0.343. The number of carbonyl (C=O) groups excluding carboxylic acids is 1. The molecule has 0 bridgehead atoms. The molecule has 0 radical (unpaired) electrons. The van der Waals surface area contributed by atoms with Crippen molar-refractivity contribution in [2.45, 2.75) is 6.61 Å². The third-order valence-electron chi connectivity index (χ3n) is 3.55. The van der Waals surface area contributed by atoms with E-state index in [4.69, 9.17) is 25.5 Å². The predicted octanol–water partition coefficient (Wildman–Crippen LogP) is 3.52. The van der Waals surface area contributed by atoms with E-state index in [1.54, 1.807) is 18.2 Å². The van der Waals surface area contributed by atoms with E-state index >= 15 is 0 Å². The molecule has 1 N–H and O–H groups in total. The molecule has 0 fully saturated rings. The van der Waals surface area contributed by atoms with E-state index in [9.17, 15) is 14.7 Å². The topological polar surface area (TPSA) is 86.0 Å². The lowest BCUT2D eigenvalue weighted by molar-refractivity contribution is 0.0470. The van der Waals surface area contributed by atoms with Crippen molar-refractivity contribution < 1.29 is 23.8 Å². The van der Waals surface area contributed by atoms with Crippen LogP contribution >= 0.6 is 11.6 Å². The minimum atomic E-state index is -0.639. The molecule has 6 nitrogen and oxygen atoms in total. The number of aromatic hydroxyl groups is 1. The van der Waals surface area contributed by atoms with Gasteiger partial charge >= 0.3 is 11.6 Å². The van der Waals surface area contributed by atoms with Crippen molar-refractivity contribution in [3.05, 3.63) is 69.0 Å². The lowest BCUT2D eigenvalue weighted by Crippen LogP contribution is -2.09. The van der Waals surface area contributed by atoms with Crippen LogP contribution in [0.15, 0.2) is 51.7 Å². The molecule has 0 spiro atoms. The Kier molecular flexibility index (Phi) is 4.63. The number of esters is 1. The quantitative estimate of drug-likeness (QED) is 0.566. The molecule has 3 rings (SSSR count). The number of hydrogen-bond acceptors (Lipinski definition) is 6. The second-order valence-corrected chi connectivity index (χ2v) is 5.63. The summed E-state index contributed by atoms with van der Waals surface area (Å²) in [4.78, 5) is 24.0. The van der Waals surface area contributed by atoms with Gasteiger partial charge < -0.3 is 19.0 Å². The fourth-order valence-electron chi connectivity index (χ4n) is 2.40. The second-order valence-electron chi connectivity index (χ2n) is 5.19. The van der Waals surface area contributed by atoms with Gasteiger partial charge in [-0.25, -0.2) is 9.59 Å². The van der Waals surface area contributed by atoms with Crippen molar-refractivity contribution in [2.24, 2.45) is 0 Å². The van der Waals surface area contributed by atoms with Crippen LogP contribution in [0.1, 0.15) is 15.9 Å². The van der Waals surface area contributed by atoms with Crippen LogP contribution in [0, 0.1) is 0 Å². The minimum absolute atomic E-state index is 0.0338. The highest BCUT2D eigenvalue weighted by Crippen LogP contribution is 2.25. The summed E-state index contributed by atoms with van der Waals surface area (Å²) in [5.41, 5.74) is 0.240. The van der Waals surface area contributed by atoms with Gasteiger partial charge in [-0.2, -0.15) is 0 Å². The molecule has 0 aliphatic heterocycles. The molecule has 1 aromatic heterocycles. The number of ether oxygens (including phenoxy) is 2. The van der Waals surface area contributed by atoms with Crippen molar-refractivity contribution in [3.8, 4) is 11.5 Å². The second kappa shape index (κ2) is 6.86. The number of phenols is 1. The van der Waals surface area contributed by atoms with Crippen LogP contribution in [0.25, 0.3) is 11.0 Å². The van der Waals surface area contributed by atoms with Crippen LogP contribution in [-0.2, 0) is 11.3 Å². The Morgan fingerprint density at radius 3 is 2.76 bits per heavy atom. The monoisotopic (exact) mass is 360 g/mol. The summed E-state index contributed by atoms with van der Waals surface area (Å²) >= 11 is 5.91. The Bertz CT molecular complexity index is 1010. The summed E-state index contributed by atoms with van der Waals surface area (Å²) in [6.07, 6.45) is 0. The first-order chi connectivity index (χ1) is 12.0. The number of fused-ring (bicyclic) bond motifs is 1. The zero-order valence-electron chi connectivity index (χ0n) is 13.1. The van der Waals surface area contributed by atoms with Gasteiger partial charge in [0.25, 0.3) is 0 Å². The molecule has 0 aliphatic rings. The maximum atomic E-state index is 12.3. The smallest absolute Gasteiger partial charge is 0.342 e. The molecule has 25 heavy (non-hydrogen) atoms. The van der Waals surface area contributed by atoms with Gasteiger partial charge in [-0.1, -0.05) is 11.6 Å². The molecule has 0 amide bonds. The number of carbonyl (C=O) groups is 1. The van der Waals surface area contributed by atoms with E-state index in [-0.39, 0.29) is 23.5 Å². The molecule has 2 aromatic carbocycles. The van der Waals surface area contributed by atoms with Gasteiger partial charge in [0.2, 0.25) is 0 Å². The van der Waals surface area contributed by atoms with Crippen LogP contribution in [0.4, 0.5) is 0 Å². The average molecular weight is 361 g/mol. The van der Waals surface area contributed by atoms with Gasteiger partial charge in [-0.05, 0) is 30.3 Å². The van der Waals surface area contributed by atoms with E-state index < -0.39 is 11.6 Å². The SMILES string of the molecule is COc1ccc(Cl)cc1C(=O)OCc1cc(=O)oc2cc(O)ccc12. The maximum Gasteiger partial charge on any atom is 0.342 e. The summed E-state index contributed by atoms with van der Waals surface area (Å²) in [7, 11) is 1.43. The molecule has 0 aliphatic carbocycles. The zero-order chi connectivity index (χ0) is 18.0. The number of rotatable bonds is 4. The summed E-state index contributed by atoms with van der Waals surface area (Å²) in [6, 6.07) is 10.2.